The molecular formula is C95H106N10O13. The molecule has 614 valence electrons. The van der Waals surface area contributed by atoms with Gasteiger partial charge in [0, 0.05) is 133 Å². The molecule has 23 heteroatoms. The van der Waals surface area contributed by atoms with Crippen molar-refractivity contribution in [1.82, 2.24) is 49.3 Å². The maximum atomic E-state index is 14.8. The Bertz CT molecular complexity index is 5260. The Labute approximate surface area is 689 Å². The molecule has 0 saturated heterocycles. The number of rotatable bonds is 48. The Morgan fingerprint density at radius 3 is 0.992 bits per heavy atom. The van der Waals surface area contributed by atoms with Crippen molar-refractivity contribution in [3.63, 3.8) is 0 Å². The molecule has 0 saturated carbocycles. The van der Waals surface area contributed by atoms with Gasteiger partial charge in [-0.1, -0.05) is 218 Å². The summed E-state index contributed by atoms with van der Waals surface area (Å²) in [6.45, 7) is 16.0. The Morgan fingerprint density at radius 2 is 0.653 bits per heavy atom. The van der Waals surface area contributed by atoms with Gasteiger partial charge in [0.15, 0.2) is 17.2 Å². The van der Waals surface area contributed by atoms with Crippen molar-refractivity contribution in [3.05, 3.63) is 376 Å². The maximum absolute atomic E-state index is 14.8. The van der Waals surface area contributed by atoms with Gasteiger partial charge in [-0.05, 0) is 96.3 Å². The second-order valence-electron chi connectivity index (χ2n) is 28.9. The molecule has 0 aliphatic heterocycles. The highest BCUT2D eigenvalue weighted by atomic mass is 16.5. The van der Waals surface area contributed by atoms with E-state index in [1.165, 1.54) is 13.7 Å². The zero-order valence-corrected chi connectivity index (χ0v) is 67.5. The van der Waals surface area contributed by atoms with Crippen molar-refractivity contribution in [2.75, 3.05) is 85.3 Å². The molecular weight excluding hydrogens is 1490 g/mol. The third kappa shape index (κ3) is 26.3. The molecule has 4 heterocycles. The van der Waals surface area contributed by atoms with Gasteiger partial charge in [0.1, 0.15) is 19.8 Å². The van der Waals surface area contributed by atoms with E-state index in [1.54, 1.807) is 54.5 Å². The van der Waals surface area contributed by atoms with Crippen LogP contribution in [-0.4, -0.2) is 131 Å². The number of aromatic nitrogens is 4. The van der Waals surface area contributed by atoms with Gasteiger partial charge in [-0.3, -0.25) is 43.4 Å². The van der Waals surface area contributed by atoms with Crippen LogP contribution < -0.4 is 57.7 Å². The summed E-state index contributed by atoms with van der Waals surface area (Å²) in [6.07, 6.45) is 7.06. The van der Waals surface area contributed by atoms with Crippen molar-refractivity contribution in [2.45, 2.75) is 93.0 Å². The molecule has 11 aromatic rings. The molecule has 0 radical (unpaired) electrons. The van der Waals surface area contributed by atoms with Crippen LogP contribution in [0.15, 0.2) is 281 Å². The predicted octanol–water partition coefficient (Wildman–Crippen LogP) is 11.7. The Balaban J connectivity index is 0.866. The monoisotopic (exact) mass is 1590 g/mol. The summed E-state index contributed by atoms with van der Waals surface area (Å²) in [4.78, 5) is 105. The van der Waals surface area contributed by atoms with Crippen molar-refractivity contribution >= 4 is 23.4 Å². The Morgan fingerprint density at radius 1 is 0.356 bits per heavy atom. The number of amides is 3. The molecule has 23 nitrogen and oxygen atoms in total. The number of carbonyl (C=O) groups is 3. The van der Waals surface area contributed by atoms with Gasteiger partial charge in [0.2, 0.25) is 0 Å². The number of nitrogens with one attached hydrogen (secondary N) is 4. The van der Waals surface area contributed by atoms with Gasteiger partial charge < -0.3 is 68.0 Å². The van der Waals surface area contributed by atoms with Gasteiger partial charge in [-0.25, -0.2) is 0 Å². The molecule has 0 bridgehead atoms. The predicted molar refractivity (Wildman–Crippen MR) is 459 cm³/mol. The summed E-state index contributed by atoms with van der Waals surface area (Å²) in [7, 11) is 0. The number of aryl methyl sites for hydroxylation is 2. The molecule has 0 aliphatic carbocycles. The molecule has 3 amide bonds. The molecule has 11 rings (SSSR count). The van der Waals surface area contributed by atoms with Crippen LogP contribution in [0, 0.1) is 19.8 Å². The van der Waals surface area contributed by atoms with Gasteiger partial charge >= 0.3 is 0 Å². The molecule has 4 aromatic heterocycles. The first kappa shape index (κ1) is 86.4. The lowest BCUT2D eigenvalue weighted by molar-refractivity contribution is 0.0932. The number of benzene rings is 7. The van der Waals surface area contributed by atoms with E-state index in [9.17, 15) is 33.6 Å². The highest BCUT2D eigenvalue weighted by Crippen LogP contribution is 2.22. The number of hydrogen-bond donors (Lipinski definition) is 4. The molecule has 1 unspecified atom stereocenters. The number of ether oxygens (including phenoxy) is 6. The minimum Gasteiger partial charge on any atom is -0.482 e. The van der Waals surface area contributed by atoms with Crippen LogP contribution in [0.25, 0.3) is 5.70 Å². The zero-order valence-electron chi connectivity index (χ0n) is 67.5. The molecule has 7 aromatic carbocycles. The lowest BCUT2D eigenvalue weighted by Gasteiger charge is -2.32. The summed E-state index contributed by atoms with van der Waals surface area (Å²) in [6, 6.07) is 72.5. The average molecular weight is 1600 g/mol. The van der Waals surface area contributed by atoms with Crippen LogP contribution in [0.1, 0.15) is 93.6 Å². The molecule has 0 spiro atoms. The summed E-state index contributed by atoms with van der Waals surface area (Å²) in [5.41, 5.74) is 7.90. The van der Waals surface area contributed by atoms with Crippen LogP contribution in [0.4, 0.5) is 0 Å². The number of pyridine rings is 4. The molecule has 118 heavy (non-hydrogen) atoms. The number of hydrogen-bond acceptors (Lipinski definition) is 16. The fraction of sp³-hybridized carbons (Fsp3) is 0.295. The summed E-state index contributed by atoms with van der Waals surface area (Å²) in [5.74, 6) is -2.05. The van der Waals surface area contributed by atoms with E-state index >= 15 is 0 Å². The van der Waals surface area contributed by atoms with Crippen molar-refractivity contribution in [1.29, 1.82) is 0 Å². The highest BCUT2D eigenvalue weighted by Gasteiger charge is 2.26. The van der Waals surface area contributed by atoms with Crippen LogP contribution in [0.3, 0.4) is 0 Å². The van der Waals surface area contributed by atoms with Crippen LogP contribution in [0.2, 0.25) is 0 Å². The first-order valence-electron chi connectivity index (χ1n) is 40.2. The maximum Gasteiger partial charge on any atom is 0.293 e. The second kappa shape index (κ2) is 45.7. The van der Waals surface area contributed by atoms with E-state index in [1.807, 2.05) is 202 Å². The topological polar surface area (TPSA) is 249 Å². The molecule has 4 N–H and O–H groups in total. The van der Waals surface area contributed by atoms with Gasteiger partial charge in [0.05, 0.1) is 56.3 Å². The quantitative estimate of drug-likeness (QED) is 0.0259. The summed E-state index contributed by atoms with van der Waals surface area (Å²) >= 11 is 0. The fourth-order valence-electron chi connectivity index (χ4n) is 13.7. The third-order valence-electron chi connectivity index (χ3n) is 20.2. The van der Waals surface area contributed by atoms with E-state index in [4.69, 9.17) is 28.4 Å². The lowest BCUT2D eigenvalue weighted by atomic mass is 9.97. The van der Waals surface area contributed by atoms with Crippen LogP contribution in [0.5, 0.6) is 17.2 Å². The van der Waals surface area contributed by atoms with Crippen LogP contribution in [-0.2, 0) is 86.5 Å². The minimum absolute atomic E-state index is 0.0224. The zero-order chi connectivity index (χ0) is 82.6. The second-order valence-corrected chi connectivity index (χ2v) is 28.9. The molecule has 0 aliphatic rings. The standard InChI is InChI=1S/C95H106N10O13/c1-5-102-48-41-83(86(93(102)110)116-68-78-30-18-9-19-31-78)89(106)97-46-54-101(55-47-99-91(108)85-43-51-105(58-61-115-67-77-28-16-8-17-29-77)95(112)88(85)118-70-80-34-22-11-23-35-80)64-81(62-74-38-36-71(2)37-39-74)63-100(52-44-96-73(4)82-40-49-103(92(109)72(82)3)56-59-113-65-75-24-12-6-13-25-75)53-45-98-90(107)84-42-50-104(57-60-114-66-76-26-14-7-15-27-76)94(111)87(84)117-69-79-32-20-10-21-33-79/h6-43,48-51,81,96H,4-5,44-47,52-70H2,1-3H3,(H,97,106)(H,98,107)(H,99,108). The van der Waals surface area contributed by atoms with Gasteiger partial charge in [-0.2, -0.15) is 0 Å². The van der Waals surface area contributed by atoms with Crippen molar-refractivity contribution in [3.8, 4) is 17.2 Å². The van der Waals surface area contributed by atoms with Gasteiger partial charge in [0.25, 0.3) is 40.0 Å². The smallest absolute Gasteiger partial charge is 0.293 e. The van der Waals surface area contributed by atoms with E-state index in [2.05, 4.69) is 61.9 Å². The van der Waals surface area contributed by atoms with Crippen LogP contribution >= 0.6 is 0 Å². The normalized spacial score (nSPS) is 11.5. The number of carbonyl (C=O) groups excluding carboxylic acids is 3. The number of nitrogens with zero attached hydrogens (tertiary/aromatic N) is 6. The van der Waals surface area contributed by atoms with Crippen molar-refractivity contribution in [2.24, 2.45) is 5.92 Å². The third-order valence-corrected chi connectivity index (χ3v) is 20.2. The SMILES string of the molecule is C=C(NCCN(CCNC(=O)c1ccn(CCOCc2ccccc2)c(=O)c1OCc1ccccc1)CC(Cc1ccc(C)cc1)CN(CCNC(=O)c1ccn(CC)c(=O)c1OCc1ccccc1)CCNC(=O)c1ccn(CCOCc2ccccc2)c(=O)c1OCc1ccccc1)c1ccn(CCOCc2ccccc2)c(=O)c1C. The summed E-state index contributed by atoms with van der Waals surface area (Å²) < 4.78 is 42.7. The summed E-state index contributed by atoms with van der Waals surface area (Å²) in [5, 5.41) is 12.8. The molecule has 0 fully saturated rings. The van der Waals surface area contributed by atoms with Gasteiger partial charge in [-0.15, -0.1) is 0 Å². The highest BCUT2D eigenvalue weighted by molar-refractivity contribution is 5.98. The Hall–Kier alpha value is -12.5. The van der Waals surface area contributed by atoms with E-state index in [0.717, 1.165) is 44.5 Å². The lowest BCUT2D eigenvalue weighted by Crippen LogP contribution is -2.46. The van der Waals surface area contributed by atoms with E-state index < -0.39 is 34.4 Å². The molecule has 1 atom stereocenters. The Kier molecular flexibility index (Phi) is 33.4. The fourth-order valence-corrected chi connectivity index (χ4v) is 13.7. The van der Waals surface area contributed by atoms with E-state index in [0.29, 0.717) is 95.5 Å². The van der Waals surface area contributed by atoms with E-state index in [-0.39, 0.29) is 124 Å². The largest absolute Gasteiger partial charge is 0.482 e. The first-order valence-corrected chi connectivity index (χ1v) is 40.2. The minimum atomic E-state index is -0.537. The first-order chi connectivity index (χ1) is 57.6. The average Bonchev–Trinajstić information content (AvgIpc) is 0.703. The van der Waals surface area contributed by atoms with Crippen molar-refractivity contribution < 1.29 is 42.8 Å².